The van der Waals surface area contributed by atoms with Gasteiger partial charge in [-0.3, -0.25) is 9.59 Å². The van der Waals surface area contributed by atoms with E-state index < -0.39 is 0 Å². The highest BCUT2D eigenvalue weighted by atomic mass is 16.5. The van der Waals surface area contributed by atoms with E-state index in [0.717, 1.165) is 18.6 Å². The number of ether oxygens (including phenoxy) is 1. The normalized spacial score (nSPS) is 18.4. The number of nitriles is 1. The standard InChI is InChI=1S/C25H29N3O3/c1-18-19(2)28(25(30)23-9-5-4-8-21(23)17-26)16-15-27(18)24(29)10-6-7-20-11-13-22(31-3)14-12-20/h4-5,8-9,11-14,18-19H,6-7,10,15-16H2,1-3H3/t18-,19-/m1/s1. The van der Waals surface area contributed by atoms with Gasteiger partial charge in [0.05, 0.1) is 24.3 Å². The van der Waals surface area contributed by atoms with Crippen LogP contribution in [0.4, 0.5) is 0 Å². The number of carbonyl (C=O) groups is 2. The minimum atomic E-state index is -0.150. The van der Waals surface area contributed by atoms with Crippen molar-refractivity contribution in [1.29, 1.82) is 5.26 Å². The van der Waals surface area contributed by atoms with Crippen LogP contribution < -0.4 is 4.74 Å². The quantitative estimate of drug-likeness (QED) is 0.716. The maximum atomic E-state index is 13.0. The van der Waals surface area contributed by atoms with E-state index >= 15 is 0 Å². The third-order valence-corrected chi connectivity index (χ3v) is 6.14. The van der Waals surface area contributed by atoms with Gasteiger partial charge in [-0.05, 0) is 56.5 Å². The number of amides is 2. The Balaban J connectivity index is 1.57. The van der Waals surface area contributed by atoms with Gasteiger partial charge in [0.25, 0.3) is 5.91 Å². The van der Waals surface area contributed by atoms with E-state index in [4.69, 9.17) is 4.74 Å². The predicted octanol–water partition coefficient (Wildman–Crippen LogP) is 3.65. The summed E-state index contributed by atoms with van der Waals surface area (Å²) in [6, 6.07) is 16.7. The maximum Gasteiger partial charge on any atom is 0.255 e. The van der Waals surface area contributed by atoms with Crippen molar-refractivity contribution in [1.82, 2.24) is 9.80 Å². The van der Waals surface area contributed by atoms with Crippen LogP contribution in [0, 0.1) is 11.3 Å². The van der Waals surface area contributed by atoms with Crippen LogP contribution in [0.1, 0.15) is 48.2 Å². The molecule has 0 saturated carbocycles. The van der Waals surface area contributed by atoms with Crippen molar-refractivity contribution in [2.45, 2.75) is 45.2 Å². The second kappa shape index (κ2) is 10.1. The van der Waals surface area contributed by atoms with Crippen molar-refractivity contribution < 1.29 is 14.3 Å². The molecule has 1 fully saturated rings. The molecule has 0 radical (unpaired) electrons. The molecule has 0 spiro atoms. The summed E-state index contributed by atoms with van der Waals surface area (Å²) in [5, 5.41) is 9.31. The van der Waals surface area contributed by atoms with Gasteiger partial charge in [0.2, 0.25) is 5.91 Å². The van der Waals surface area contributed by atoms with Crippen LogP contribution in [-0.4, -0.2) is 53.9 Å². The summed E-state index contributed by atoms with van der Waals surface area (Å²) in [5.41, 5.74) is 1.98. The zero-order valence-corrected chi connectivity index (χ0v) is 18.4. The number of aryl methyl sites for hydroxylation is 1. The fourth-order valence-electron chi connectivity index (χ4n) is 4.08. The van der Waals surface area contributed by atoms with Crippen LogP contribution >= 0.6 is 0 Å². The molecule has 2 aromatic rings. The Kier molecular flexibility index (Phi) is 7.30. The SMILES string of the molecule is COc1ccc(CCCC(=O)N2CCN(C(=O)c3ccccc3C#N)[C@H](C)[C@H]2C)cc1. The van der Waals surface area contributed by atoms with Gasteiger partial charge in [0, 0.05) is 31.6 Å². The smallest absolute Gasteiger partial charge is 0.255 e. The molecule has 2 aromatic carbocycles. The minimum absolute atomic E-state index is 0.0829. The number of hydrogen-bond donors (Lipinski definition) is 0. The van der Waals surface area contributed by atoms with Gasteiger partial charge < -0.3 is 14.5 Å². The van der Waals surface area contributed by atoms with Crippen LogP contribution in [0.3, 0.4) is 0 Å². The number of rotatable bonds is 6. The zero-order valence-electron chi connectivity index (χ0n) is 18.4. The van der Waals surface area contributed by atoms with Gasteiger partial charge in [-0.2, -0.15) is 5.26 Å². The summed E-state index contributed by atoms with van der Waals surface area (Å²) in [6.45, 7) is 4.93. The number of hydrogen-bond acceptors (Lipinski definition) is 4. The summed E-state index contributed by atoms with van der Waals surface area (Å²) >= 11 is 0. The van der Waals surface area contributed by atoms with Gasteiger partial charge in [-0.25, -0.2) is 0 Å². The van der Waals surface area contributed by atoms with Crippen molar-refractivity contribution in [3.05, 3.63) is 65.2 Å². The molecule has 2 atom stereocenters. The Morgan fingerprint density at radius 3 is 2.35 bits per heavy atom. The fraction of sp³-hybridized carbons (Fsp3) is 0.400. The highest BCUT2D eigenvalue weighted by Crippen LogP contribution is 2.22. The molecule has 1 aliphatic heterocycles. The van der Waals surface area contributed by atoms with E-state index in [1.165, 1.54) is 5.56 Å². The summed E-state index contributed by atoms with van der Waals surface area (Å²) in [4.78, 5) is 29.6. The fourth-order valence-corrected chi connectivity index (χ4v) is 4.08. The molecular weight excluding hydrogens is 390 g/mol. The van der Waals surface area contributed by atoms with E-state index in [2.05, 4.69) is 6.07 Å². The molecule has 1 heterocycles. The summed E-state index contributed by atoms with van der Waals surface area (Å²) in [6.07, 6.45) is 2.10. The molecule has 1 aliphatic rings. The molecule has 0 aromatic heterocycles. The lowest BCUT2D eigenvalue weighted by Crippen LogP contribution is -2.60. The zero-order chi connectivity index (χ0) is 22.4. The van der Waals surface area contributed by atoms with Crippen LogP contribution in [0.2, 0.25) is 0 Å². The minimum Gasteiger partial charge on any atom is -0.497 e. The van der Waals surface area contributed by atoms with E-state index in [9.17, 15) is 14.9 Å². The molecule has 0 bridgehead atoms. The summed E-state index contributed by atoms with van der Waals surface area (Å²) < 4.78 is 5.18. The Hall–Kier alpha value is -3.33. The van der Waals surface area contributed by atoms with Crippen molar-refractivity contribution in [3.63, 3.8) is 0 Å². The van der Waals surface area contributed by atoms with E-state index in [1.807, 2.05) is 43.0 Å². The van der Waals surface area contributed by atoms with Crippen molar-refractivity contribution >= 4 is 11.8 Å². The second-order valence-electron chi connectivity index (χ2n) is 7.93. The molecule has 162 valence electrons. The van der Waals surface area contributed by atoms with Gasteiger partial charge in [-0.15, -0.1) is 0 Å². The van der Waals surface area contributed by atoms with Crippen LogP contribution in [-0.2, 0) is 11.2 Å². The van der Waals surface area contributed by atoms with Crippen molar-refractivity contribution in [2.24, 2.45) is 0 Å². The molecule has 6 heteroatoms. The topological polar surface area (TPSA) is 73.6 Å². The number of nitrogens with zero attached hydrogens (tertiary/aromatic N) is 3. The van der Waals surface area contributed by atoms with Crippen molar-refractivity contribution in [2.75, 3.05) is 20.2 Å². The maximum absolute atomic E-state index is 13.0. The Morgan fingerprint density at radius 1 is 1.03 bits per heavy atom. The monoisotopic (exact) mass is 419 g/mol. The molecule has 3 rings (SSSR count). The molecule has 0 N–H and O–H groups in total. The lowest BCUT2D eigenvalue weighted by molar-refractivity contribution is -0.136. The number of piperazine rings is 1. The van der Waals surface area contributed by atoms with Gasteiger partial charge in [-0.1, -0.05) is 24.3 Å². The summed E-state index contributed by atoms with van der Waals surface area (Å²) in [5.74, 6) is 0.799. The molecule has 6 nitrogen and oxygen atoms in total. The van der Waals surface area contributed by atoms with E-state index in [0.29, 0.717) is 30.6 Å². The third kappa shape index (κ3) is 5.05. The van der Waals surface area contributed by atoms with Crippen LogP contribution in [0.15, 0.2) is 48.5 Å². The molecule has 0 unspecified atom stereocenters. The Labute approximate surface area is 184 Å². The Bertz CT molecular complexity index is 965. The molecule has 0 aliphatic carbocycles. The second-order valence-corrected chi connectivity index (χ2v) is 7.93. The van der Waals surface area contributed by atoms with Gasteiger partial charge >= 0.3 is 0 Å². The average molecular weight is 420 g/mol. The highest BCUT2D eigenvalue weighted by molar-refractivity contribution is 5.97. The van der Waals surface area contributed by atoms with E-state index in [-0.39, 0.29) is 23.9 Å². The molecule has 31 heavy (non-hydrogen) atoms. The van der Waals surface area contributed by atoms with Gasteiger partial charge in [0.15, 0.2) is 0 Å². The third-order valence-electron chi connectivity index (χ3n) is 6.14. The van der Waals surface area contributed by atoms with E-state index in [1.54, 1.807) is 36.3 Å². The number of benzene rings is 2. The highest BCUT2D eigenvalue weighted by Gasteiger charge is 2.36. The van der Waals surface area contributed by atoms with Crippen LogP contribution in [0.25, 0.3) is 0 Å². The first-order chi connectivity index (χ1) is 15.0. The van der Waals surface area contributed by atoms with Gasteiger partial charge in [0.1, 0.15) is 5.75 Å². The molecule has 2 amide bonds. The first kappa shape index (κ1) is 22.4. The number of carbonyl (C=O) groups excluding carboxylic acids is 2. The molecule has 1 saturated heterocycles. The predicted molar refractivity (Wildman–Crippen MR) is 119 cm³/mol. The first-order valence-electron chi connectivity index (χ1n) is 10.7. The molecular formula is C25H29N3O3. The average Bonchev–Trinajstić information content (AvgIpc) is 2.80. The number of methoxy groups -OCH3 is 1. The van der Waals surface area contributed by atoms with Crippen molar-refractivity contribution in [3.8, 4) is 11.8 Å². The van der Waals surface area contributed by atoms with Crippen LogP contribution in [0.5, 0.6) is 5.75 Å². The summed E-state index contributed by atoms with van der Waals surface area (Å²) in [7, 11) is 1.64. The first-order valence-corrected chi connectivity index (χ1v) is 10.7. The Morgan fingerprint density at radius 2 is 1.68 bits per heavy atom. The largest absolute Gasteiger partial charge is 0.497 e. The lowest BCUT2D eigenvalue weighted by atomic mass is 10.00. The lowest BCUT2D eigenvalue weighted by Gasteiger charge is -2.45.